The van der Waals surface area contributed by atoms with Crippen LogP contribution in [0.5, 0.6) is 5.75 Å². The number of likely N-dealkylation sites (tertiary alicyclic amines) is 1. The fourth-order valence-electron chi connectivity index (χ4n) is 5.43. The number of phenols is 1. The van der Waals surface area contributed by atoms with E-state index >= 15 is 0 Å². The molecule has 1 aliphatic heterocycles. The molecule has 0 radical (unpaired) electrons. The lowest BCUT2D eigenvalue weighted by molar-refractivity contribution is -0.0110. The fourth-order valence-corrected chi connectivity index (χ4v) is 5.43. The molecule has 4 nitrogen and oxygen atoms in total. The van der Waals surface area contributed by atoms with E-state index in [1.807, 2.05) is 17.9 Å². The first kappa shape index (κ1) is 14.9. The maximum absolute atomic E-state index is 12.4. The second kappa shape index (κ2) is 5.43. The highest BCUT2D eigenvalue weighted by Crippen LogP contribution is 2.56. The van der Waals surface area contributed by atoms with Crippen LogP contribution >= 0.6 is 0 Å². The molecule has 4 heteroatoms. The van der Waals surface area contributed by atoms with E-state index in [9.17, 15) is 9.90 Å². The maximum Gasteiger partial charge on any atom is 0.410 e. The van der Waals surface area contributed by atoms with Crippen molar-refractivity contribution in [3.05, 3.63) is 29.3 Å². The van der Waals surface area contributed by atoms with E-state index in [1.54, 1.807) is 6.07 Å². The number of nitrogens with zero attached hydrogens (tertiary/aromatic N) is 1. The SMILES string of the molecule is CCOC(=O)N1CC[C@]23CCCC[C@H]2[C@@H]1Cc1ccc(O)cc13. The molecule has 1 saturated carbocycles. The molecule has 2 fully saturated rings. The standard InChI is InChI=1S/C19H25NO3/c1-2-23-18(22)20-10-9-19-8-4-3-5-15(19)17(20)11-13-6-7-14(21)12-16(13)19/h6-7,12,15,17,21H,2-5,8-11H2,1H3/t15-,17-,19+/m0/s1. The molecule has 4 rings (SSSR count). The molecule has 2 bridgehead atoms. The molecule has 1 aromatic rings. The molecule has 1 amide bonds. The van der Waals surface area contributed by atoms with Crippen molar-refractivity contribution in [3.8, 4) is 5.75 Å². The second-order valence-corrected chi connectivity index (χ2v) is 7.26. The average molecular weight is 315 g/mol. The van der Waals surface area contributed by atoms with Crippen molar-refractivity contribution in [2.45, 2.75) is 56.9 Å². The van der Waals surface area contributed by atoms with Gasteiger partial charge in [0, 0.05) is 18.0 Å². The van der Waals surface area contributed by atoms with Crippen LogP contribution in [-0.4, -0.2) is 35.3 Å². The highest BCUT2D eigenvalue weighted by Gasteiger charge is 2.55. The van der Waals surface area contributed by atoms with Gasteiger partial charge >= 0.3 is 6.09 Å². The predicted octanol–water partition coefficient (Wildman–Crippen LogP) is 3.61. The number of carbonyl (C=O) groups excluding carboxylic acids is 1. The van der Waals surface area contributed by atoms with E-state index in [-0.39, 0.29) is 17.6 Å². The summed E-state index contributed by atoms with van der Waals surface area (Å²) in [5, 5.41) is 10.00. The molecule has 0 unspecified atom stereocenters. The molecule has 1 saturated heterocycles. The van der Waals surface area contributed by atoms with Gasteiger partial charge in [-0.1, -0.05) is 18.9 Å². The van der Waals surface area contributed by atoms with Crippen molar-refractivity contribution in [2.24, 2.45) is 5.92 Å². The first-order valence-corrected chi connectivity index (χ1v) is 8.91. The average Bonchev–Trinajstić information content (AvgIpc) is 2.56. The Balaban J connectivity index is 1.78. The van der Waals surface area contributed by atoms with Gasteiger partial charge in [-0.05, 0) is 61.8 Å². The van der Waals surface area contributed by atoms with E-state index in [2.05, 4.69) is 6.07 Å². The number of amides is 1. The summed E-state index contributed by atoms with van der Waals surface area (Å²) in [7, 11) is 0. The van der Waals surface area contributed by atoms with Gasteiger partial charge < -0.3 is 14.7 Å². The fraction of sp³-hybridized carbons (Fsp3) is 0.632. The number of ether oxygens (including phenoxy) is 1. The van der Waals surface area contributed by atoms with E-state index in [0.29, 0.717) is 18.3 Å². The largest absolute Gasteiger partial charge is 0.508 e. The van der Waals surface area contributed by atoms with Crippen LogP contribution in [0.15, 0.2) is 18.2 Å². The molecule has 124 valence electrons. The van der Waals surface area contributed by atoms with Crippen LogP contribution in [0.1, 0.15) is 50.2 Å². The van der Waals surface area contributed by atoms with Gasteiger partial charge in [0.15, 0.2) is 0 Å². The predicted molar refractivity (Wildman–Crippen MR) is 87.6 cm³/mol. The summed E-state index contributed by atoms with van der Waals surface area (Å²) in [6, 6.07) is 6.08. The van der Waals surface area contributed by atoms with Gasteiger partial charge in [0.1, 0.15) is 5.75 Å². The lowest BCUT2D eigenvalue weighted by atomic mass is 9.52. The molecule has 3 atom stereocenters. The van der Waals surface area contributed by atoms with Crippen LogP contribution in [0.2, 0.25) is 0 Å². The Hall–Kier alpha value is -1.71. The normalized spacial score (nSPS) is 32.0. The third-order valence-corrected chi connectivity index (χ3v) is 6.32. The highest BCUT2D eigenvalue weighted by molar-refractivity contribution is 5.69. The van der Waals surface area contributed by atoms with Crippen LogP contribution in [0, 0.1) is 5.92 Å². The van der Waals surface area contributed by atoms with E-state index in [1.165, 1.54) is 36.8 Å². The first-order chi connectivity index (χ1) is 11.2. The van der Waals surface area contributed by atoms with Gasteiger partial charge in [0.25, 0.3) is 0 Å². The Morgan fingerprint density at radius 2 is 2.26 bits per heavy atom. The van der Waals surface area contributed by atoms with Gasteiger partial charge in [-0.25, -0.2) is 4.79 Å². The lowest BCUT2D eigenvalue weighted by Crippen LogP contribution is -2.62. The van der Waals surface area contributed by atoms with Gasteiger partial charge in [0.05, 0.1) is 6.61 Å². The number of rotatable bonds is 1. The van der Waals surface area contributed by atoms with E-state index < -0.39 is 0 Å². The Morgan fingerprint density at radius 1 is 1.39 bits per heavy atom. The molecule has 1 heterocycles. The van der Waals surface area contributed by atoms with Crippen molar-refractivity contribution >= 4 is 6.09 Å². The van der Waals surface area contributed by atoms with Crippen molar-refractivity contribution in [1.29, 1.82) is 0 Å². The van der Waals surface area contributed by atoms with E-state index in [4.69, 9.17) is 4.74 Å². The molecule has 0 spiro atoms. The zero-order valence-corrected chi connectivity index (χ0v) is 13.8. The smallest absolute Gasteiger partial charge is 0.410 e. The number of aromatic hydroxyl groups is 1. The zero-order valence-electron chi connectivity index (χ0n) is 13.8. The Labute approximate surface area is 137 Å². The number of benzene rings is 1. The minimum atomic E-state index is -0.154. The van der Waals surface area contributed by atoms with Crippen LogP contribution in [-0.2, 0) is 16.6 Å². The summed E-state index contributed by atoms with van der Waals surface area (Å²) in [6.07, 6.45) is 6.58. The molecule has 2 aliphatic carbocycles. The van der Waals surface area contributed by atoms with Crippen molar-refractivity contribution in [3.63, 3.8) is 0 Å². The number of phenolic OH excluding ortho intramolecular Hbond substituents is 1. The first-order valence-electron chi connectivity index (χ1n) is 8.91. The molecule has 0 aromatic heterocycles. The summed E-state index contributed by atoms with van der Waals surface area (Å²) in [4.78, 5) is 14.4. The van der Waals surface area contributed by atoms with Crippen molar-refractivity contribution in [1.82, 2.24) is 4.90 Å². The van der Waals surface area contributed by atoms with Crippen molar-refractivity contribution in [2.75, 3.05) is 13.2 Å². The van der Waals surface area contributed by atoms with Gasteiger partial charge in [-0.3, -0.25) is 0 Å². The molecule has 23 heavy (non-hydrogen) atoms. The molecule has 1 N–H and O–H groups in total. The van der Waals surface area contributed by atoms with Gasteiger partial charge in [-0.2, -0.15) is 0 Å². The van der Waals surface area contributed by atoms with E-state index in [0.717, 1.165) is 19.4 Å². The van der Waals surface area contributed by atoms with Crippen LogP contribution in [0.4, 0.5) is 4.79 Å². The Morgan fingerprint density at radius 3 is 3.09 bits per heavy atom. The second-order valence-electron chi connectivity index (χ2n) is 7.26. The highest BCUT2D eigenvalue weighted by atomic mass is 16.6. The van der Waals surface area contributed by atoms with Crippen molar-refractivity contribution < 1.29 is 14.6 Å². The lowest BCUT2D eigenvalue weighted by Gasteiger charge is -2.58. The van der Waals surface area contributed by atoms with Gasteiger partial charge in [0.2, 0.25) is 0 Å². The Kier molecular flexibility index (Phi) is 3.51. The summed E-state index contributed by atoms with van der Waals surface area (Å²) in [6.45, 7) is 3.07. The summed E-state index contributed by atoms with van der Waals surface area (Å²) >= 11 is 0. The number of fused-ring (bicyclic) bond motifs is 1. The van der Waals surface area contributed by atoms with Gasteiger partial charge in [-0.15, -0.1) is 0 Å². The maximum atomic E-state index is 12.4. The number of hydrogen-bond acceptors (Lipinski definition) is 3. The molecular formula is C19H25NO3. The third kappa shape index (κ3) is 2.14. The third-order valence-electron chi connectivity index (χ3n) is 6.32. The zero-order chi connectivity index (χ0) is 16.0. The summed E-state index contributed by atoms with van der Waals surface area (Å²) in [5.41, 5.74) is 2.81. The van der Waals surface area contributed by atoms with Crippen LogP contribution < -0.4 is 0 Å². The van der Waals surface area contributed by atoms with Crippen LogP contribution in [0.25, 0.3) is 0 Å². The molecule has 3 aliphatic rings. The monoisotopic (exact) mass is 315 g/mol. The number of piperidine rings is 1. The van der Waals surface area contributed by atoms with Crippen LogP contribution in [0.3, 0.4) is 0 Å². The summed E-state index contributed by atoms with van der Waals surface area (Å²) in [5.74, 6) is 0.873. The number of carbonyl (C=O) groups is 1. The molecule has 1 aromatic carbocycles. The molecular weight excluding hydrogens is 290 g/mol. The minimum absolute atomic E-state index is 0.151. The minimum Gasteiger partial charge on any atom is -0.508 e. The quantitative estimate of drug-likeness (QED) is 0.861. The Bertz CT molecular complexity index is 629. The number of hydrogen-bond donors (Lipinski definition) is 1. The summed E-state index contributed by atoms with van der Waals surface area (Å²) < 4.78 is 5.30. The topological polar surface area (TPSA) is 49.8 Å².